The number of carbonyl (C=O) groups is 1. The summed E-state index contributed by atoms with van der Waals surface area (Å²) in [4.78, 5) is 11.4. The number of hydrogen-bond acceptors (Lipinski definition) is 5. The van der Waals surface area contributed by atoms with Gasteiger partial charge >= 0.3 is 0 Å². The third-order valence-electron chi connectivity index (χ3n) is 2.48. The molecule has 0 aromatic heterocycles. The van der Waals surface area contributed by atoms with Crippen molar-refractivity contribution in [1.29, 1.82) is 0 Å². The molecule has 0 aliphatic carbocycles. The molecule has 100 valence electrons. The minimum absolute atomic E-state index is 0.0107. The summed E-state index contributed by atoms with van der Waals surface area (Å²) in [6, 6.07) is 0. The van der Waals surface area contributed by atoms with E-state index in [-0.39, 0.29) is 11.5 Å². The van der Waals surface area contributed by atoms with E-state index in [0.717, 1.165) is 25.9 Å². The van der Waals surface area contributed by atoms with Crippen molar-refractivity contribution >= 4 is 27.7 Å². The third-order valence-corrected chi connectivity index (χ3v) is 5.33. The molecule has 1 aliphatic heterocycles. The first-order chi connectivity index (χ1) is 8.03. The van der Waals surface area contributed by atoms with Crippen LogP contribution >= 0.6 is 11.8 Å². The lowest BCUT2D eigenvalue weighted by atomic mass is 10.2. The van der Waals surface area contributed by atoms with Gasteiger partial charge < -0.3 is 5.32 Å². The Morgan fingerprint density at radius 2 is 2.06 bits per heavy atom. The van der Waals surface area contributed by atoms with Gasteiger partial charge in [-0.25, -0.2) is 8.42 Å². The number of piperidine rings is 1. The monoisotopic (exact) mass is 280 g/mol. The predicted molar refractivity (Wildman–Crippen MR) is 70.6 cm³/mol. The number of hydrogen-bond donors (Lipinski definition) is 2. The molecule has 0 aromatic carbocycles. The fourth-order valence-corrected chi connectivity index (χ4v) is 3.86. The van der Waals surface area contributed by atoms with E-state index in [1.165, 1.54) is 0 Å². The SMILES string of the molecule is CCCS(=O)(=O)NC(=O)CSC1CCNCC1. The lowest BCUT2D eigenvalue weighted by molar-refractivity contribution is -0.116. The highest BCUT2D eigenvalue weighted by Gasteiger charge is 2.17. The number of sulfonamides is 1. The predicted octanol–water partition coefficient (Wildman–Crippen LogP) is 0.328. The van der Waals surface area contributed by atoms with Gasteiger partial charge in [0.2, 0.25) is 15.9 Å². The van der Waals surface area contributed by atoms with Crippen LogP contribution in [0.2, 0.25) is 0 Å². The van der Waals surface area contributed by atoms with Crippen LogP contribution in [0.5, 0.6) is 0 Å². The lowest BCUT2D eigenvalue weighted by Crippen LogP contribution is -2.35. The summed E-state index contributed by atoms with van der Waals surface area (Å²) in [6.07, 6.45) is 2.60. The molecule has 0 aromatic rings. The number of amides is 1. The molecule has 2 N–H and O–H groups in total. The maximum atomic E-state index is 11.4. The molecular weight excluding hydrogens is 260 g/mol. The summed E-state index contributed by atoms with van der Waals surface area (Å²) in [6.45, 7) is 3.73. The van der Waals surface area contributed by atoms with Crippen LogP contribution in [0, 0.1) is 0 Å². The highest BCUT2D eigenvalue weighted by Crippen LogP contribution is 2.19. The summed E-state index contributed by atoms with van der Waals surface area (Å²) in [7, 11) is -3.41. The Morgan fingerprint density at radius 3 is 2.65 bits per heavy atom. The minimum atomic E-state index is -3.41. The van der Waals surface area contributed by atoms with E-state index in [4.69, 9.17) is 0 Å². The topological polar surface area (TPSA) is 75.3 Å². The summed E-state index contributed by atoms with van der Waals surface area (Å²) in [5.74, 6) is -0.160. The number of thioether (sulfide) groups is 1. The Labute approximate surface area is 107 Å². The van der Waals surface area contributed by atoms with Crippen LogP contribution in [0.25, 0.3) is 0 Å². The zero-order valence-corrected chi connectivity index (χ0v) is 11.7. The Bertz CT molecular complexity index is 337. The average molecular weight is 280 g/mol. The molecule has 1 rings (SSSR count). The quantitative estimate of drug-likeness (QED) is 0.733. The van der Waals surface area contributed by atoms with Crippen molar-refractivity contribution < 1.29 is 13.2 Å². The largest absolute Gasteiger partial charge is 0.317 e. The van der Waals surface area contributed by atoms with E-state index in [1.54, 1.807) is 18.7 Å². The molecular formula is C10H20N2O3S2. The maximum absolute atomic E-state index is 11.4. The molecule has 7 heteroatoms. The molecule has 0 radical (unpaired) electrons. The first-order valence-corrected chi connectivity index (χ1v) is 8.59. The second kappa shape index (κ2) is 7.23. The van der Waals surface area contributed by atoms with Crippen LogP contribution in [0.3, 0.4) is 0 Å². The molecule has 0 spiro atoms. The Hall–Kier alpha value is -0.270. The van der Waals surface area contributed by atoms with Crippen molar-refractivity contribution in [3.8, 4) is 0 Å². The second-order valence-corrected chi connectivity index (χ2v) is 7.24. The fraction of sp³-hybridized carbons (Fsp3) is 0.900. The van der Waals surface area contributed by atoms with Crippen LogP contribution in [0.1, 0.15) is 26.2 Å². The van der Waals surface area contributed by atoms with Crippen molar-refractivity contribution in [2.24, 2.45) is 0 Å². The molecule has 0 unspecified atom stereocenters. The van der Waals surface area contributed by atoms with Gasteiger partial charge in [0, 0.05) is 5.25 Å². The van der Waals surface area contributed by atoms with Gasteiger partial charge in [-0.3, -0.25) is 9.52 Å². The Balaban J connectivity index is 2.25. The summed E-state index contributed by atoms with van der Waals surface area (Å²) >= 11 is 1.55. The highest BCUT2D eigenvalue weighted by molar-refractivity contribution is 8.00. The van der Waals surface area contributed by atoms with E-state index < -0.39 is 15.9 Å². The molecule has 1 fully saturated rings. The van der Waals surface area contributed by atoms with Gasteiger partial charge in [-0.15, -0.1) is 11.8 Å². The molecule has 1 heterocycles. The average Bonchev–Trinajstić information content (AvgIpc) is 2.27. The third kappa shape index (κ3) is 6.28. The van der Waals surface area contributed by atoms with E-state index in [9.17, 15) is 13.2 Å². The lowest BCUT2D eigenvalue weighted by Gasteiger charge is -2.21. The van der Waals surface area contributed by atoms with E-state index >= 15 is 0 Å². The molecule has 0 atom stereocenters. The van der Waals surface area contributed by atoms with Gasteiger partial charge in [0.05, 0.1) is 11.5 Å². The van der Waals surface area contributed by atoms with Gasteiger partial charge in [-0.2, -0.15) is 0 Å². The maximum Gasteiger partial charge on any atom is 0.243 e. The Morgan fingerprint density at radius 1 is 1.41 bits per heavy atom. The zero-order chi connectivity index (χ0) is 12.7. The molecule has 1 amide bonds. The van der Waals surface area contributed by atoms with E-state index in [2.05, 4.69) is 10.0 Å². The molecule has 5 nitrogen and oxygen atoms in total. The van der Waals surface area contributed by atoms with E-state index in [1.807, 2.05) is 0 Å². The first kappa shape index (κ1) is 14.8. The van der Waals surface area contributed by atoms with Crippen LogP contribution in [-0.2, 0) is 14.8 Å². The van der Waals surface area contributed by atoms with Crippen molar-refractivity contribution in [2.45, 2.75) is 31.4 Å². The van der Waals surface area contributed by atoms with Gasteiger partial charge in [0.25, 0.3) is 0 Å². The van der Waals surface area contributed by atoms with Gasteiger partial charge in [-0.05, 0) is 32.4 Å². The summed E-state index contributed by atoms with van der Waals surface area (Å²) in [5.41, 5.74) is 0. The summed E-state index contributed by atoms with van der Waals surface area (Å²) < 4.78 is 24.8. The fourth-order valence-electron chi connectivity index (χ4n) is 1.68. The first-order valence-electron chi connectivity index (χ1n) is 5.89. The van der Waals surface area contributed by atoms with Crippen molar-refractivity contribution in [2.75, 3.05) is 24.6 Å². The Kier molecular flexibility index (Phi) is 6.29. The minimum Gasteiger partial charge on any atom is -0.317 e. The highest BCUT2D eigenvalue weighted by atomic mass is 32.2. The summed E-state index contributed by atoms with van der Waals surface area (Å²) in [5, 5.41) is 3.72. The molecule has 1 saturated heterocycles. The van der Waals surface area contributed by atoms with Gasteiger partial charge in [0.15, 0.2) is 0 Å². The van der Waals surface area contributed by atoms with Crippen LogP contribution < -0.4 is 10.0 Å². The number of nitrogens with one attached hydrogen (secondary N) is 2. The number of carbonyl (C=O) groups excluding carboxylic acids is 1. The van der Waals surface area contributed by atoms with Gasteiger partial charge in [-0.1, -0.05) is 6.92 Å². The molecule has 1 aliphatic rings. The number of rotatable bonds is 6. The van der Waals surface area contributed by atoms with Crippen molar-refractivity contribution in [1.82, 2.24) is 10.0 Å². The molecule has 0 saturated carbocycles. The second-order valence-electron chi connectivity index (χ2n) is 4.10. The van der Waals surface area contributed by atoms with Crippen LogP contribution in [0.4, 0.5) is 0 Å². The molecule has 17 heavy (non-hydrogen) atoms. The van der Waals surface area contributed by atoms with E-state index in [0.29, 0.717) is 11.7 Å². The van der Waals surface area contributed by atoms with Crippen LogP contribution in [-0.4, -0.2) is 44.2 Å². The van der Waals surface area contributed by atoms with Crippen molar-refractivity contribution in [3.05, 3.63) is 0 Å². The molecule has 0 bridgehead atoms. The normalized spacial score (nSPS) is 17.9. The smallest absolute Gasteiger partial charge is 0.243 e. The standard InChI is InChI=1S/C10H20N2O3S2/c1-2-7-17(14,15)12-10(13)8-16-9-3-5-11-6-4-9/h9,11H,2-8H2,1H3,(H,12,13). The van der Waals surface area contributed by atoms with Gasteiger partial charge in [0.1, 0.15) is 0 Å². The van der Waals surface area contributed by atoms with Crippen molar-refractivity contribution in [3.63, 3.8) is 0 Å². The van der Waals surface area contributed by atoms with Crippen LogP contribution in [0.15, 0.2) is 0 Å². The zero-order valence-electron chi connectivity index (χ0n) is 10.1.